The van der Waals surface area contributed by atoms with E-state index in [1.165, 1.54) is 7.11 Å². The Hall–Kier alpha value is -1.89. The number of carbonyl (C=O) groups excluding carboxylic acids is 3. The standard InChI is InChI=1S/C12H18O7/c1-17-10(14)7-9(12(16)19-3)8(5-4-6-13)11(15)18-2/h13H,4-7H2,1-3H3/b9-8+. The van der Waals surface area contributed by atoms with E-state index in [0.29, 0.717) is 0 Å². The normalized spacial score (nSPS) is 11.4. The van der Waals surface area contributed by atoms with Crippen molar-refractivity contribution in [2.75, 3.05) is 27.9 Å². The summed E-state index contributed by atoms with van der Waals surface area (Å²) in [5.41, 5.74) is -0.108. The van der Waals surface area contributed by atoms with Crippen LogP contribution in [-0.4, -0.2) is 51.0 Å². The van der Waals surface area contributed by atoms with Gasteiger partial charge in [0.2, 0.25) is 0 Å². The van der Waals surface area contributed by atoms with Crippen molar-refractivity contribution in [2.24, 2.45) is 0 Å². The van der Waals surface area contributed by atoms with Crippen molar-refractivity contribution >= 4 is 17.9 Å². The molecule has 19 heavy (non-hydrogen) atoms. The lowest BCUT2D eigenvalue weighted by atomic mass is 10.0. The molecule has 0 unspecified atom stereocenters. The van der Waals surface area contributed by atoms with Crippen LogP contribution in [0.25, 0.3) is 0 Å². The van der Waals surface area contributed by atoms with E-state index >= 15 is 0 Å². The average Bonchev–Trinajstić information content (AvgIpc) is 2.44. The lowest BCUT2D eigenvalue weighted by Gasteiger charge is -2.11. The first-order valence-electron chi connectivity index (χ1n) is 5.58. The first-order valence-corrected chi connectivity index (χ1v) is 5.58. The highest BCUT2D eigenvalue weighted by Gasteiger charge is 2.24. The summed E-state index contributed by atoms with van der Waals surface area (Å²) in [6.45, 7) is -0.160. The summed E-state index contributed by atoms with van der Waals surface area (Å²) in [6, 6.07) is 0. The fourth-order valence-corrected chi connectivity index (χ4v) is 1.40. The van der Waals surface area contributed by atoms with E-state index in [2.05, 4.69) is 14.2 Å². The molecule has 0 radical (unpaired) electrons. The van der Waals surface area contributed by atoms with E-state index in [9.17, 15) is 14.4 Å². The van der Waals surface area contributed by atoms with Gasteiger partial charge in [0.1, 0.15) is 0 Å². The molecule has 0 atom stereocenters. The van der Waals surface area contributed by atoms with Gasteiger partial charge in [-0.05, 0) is 12.8 Å². The molecular formula is C12H18O7. The lowest BCUT2D eigenvalue weighted by Crippen LogP contribution is -2.18. The summed E-state index contributed by atoms with van der Waals surface area (Å²) in [7, 11) is 3.47. The van der Waals surface area contributed by atoms with E-state index in [1.54, 1.807) is 0 Å². The zero-order chi connectivity index (χ0) is 14.8. The van der Waals surface area contributed by atoms with Crippen LogP contribution in [0, 0.1) is 0 Å². The summed E-state index contributed by atoms with van der Waals surface area (Å²) in [5, 5.41) is 8.79. The molecule has 108 valence electrons. The summed E-state index contributed by atoms with van der Waals surface area (Å²) in [4.78, 5) is 34.5. The van der Waals surface area contributed by atoms with Crippen molar-refractivity contribution in [1.82, 2.24) is 0 Å². The number of rotatable bonds is 7. The largest absolute Gasteiger partial charge is 0.469 e. The van der Waals surface area contributed by atoms with Gasteiger partial charge in [0.15, 0.2) is 0 Å². The maximum absolute atomic E-state index is 11.6. The smallest absolute Gasteiger partial charge is 0.334 e. The fourth-order valence-electron chi connectivity index (χ4n) is 1.40. The first-order chi connectivity index (χ1) is 9.01. The van der Waals surface area contributed by atoms with Crippen LogP contribution in [0.5, 0.6) is 0 Å². The van der Waals surface area contributed by atoms with Crippen LogP contribution in [0.15, 0.2) is 11.1 Å². The highest BCUT2D eigenvalue weighted by atomic mass is 16.5. The molecule has 0 aromatic rings. The number of aliphatic hydroxyl groups excluding tert-OH is 1. The Labute approximate surface area is 111 Å². The minimum absolute atomic E-state index is 0.00815. The quantitative estimate of drug-likeness (QED) is 0.395. The van der Waals surface area contributed by atoms with Crippen LogP contribution in [0.1, 0.15) is 19.3 Å². The highest BCUT2D eigenvalue weighted by Crippen LogP contribution is 2.18. The monoisotopic (exact) mass is 274 g/mol. The molecule has 7 nitrogen and oxygen atoms in total. The van der Waals surface area contributed by atoms with E-state index < -0.39 is 17.9 Å². The van der Waals surface area contributed by atoms with Crippen LogP contribution >= 0.6 is 0 Å². The molecule has 0 saturated carbocycles. The summed E-state index contributed by atoms with van der Waals surface area (Å²) in [5.74, 6) is -2.22. The summed E-state index contributed by atoms with van der Waals surface area (Å²) < 4.78 is 13.6. The number of methoxy groups -OCH3 is 3. The van der Waals surface area contributed by atoms with Gasteiger partial charge in [-0.1, -0.05) is 0 Å². The van der Waals surface area contributed by atoms with Gasteiger partial charge in [0.25, 0.3) is 0 Å². The Morgan fingerprint density at radius 3 is 1.84 bits per heavy atom. The molecule has 0 fully saturated rings. The molecule has 0 spiro atoms. The van der Waals surface area contributed by atoms with Crippen LogP contribution in [0.4, 0.5) is 0 Å². The van der Waals surface area contributed by atoms with Crippen LogP contribution < -0.4 is 0 Å². The Balaban J connectivity index is 5.46. The molecule has 7 heteroatoms. The van der Waals surface area contributed by atoms with Crippen molar-refractivity contribution in [3.8, 4) is 0 Å². The SMILES string of the molecule is COC(=O)C/C(C(=O)OC)=C(/CCCO)C(=O)OC. The fraction of sp³-hybridized carbons (Fsp3) is 0.583. The Bertz CT molecular complexity index is 370. The number of aliphatic hydroxyl groups is 1. The van der Waals surface area contributed by atoms with E-state index in [4.69, 9.17) is 5.11 Å². The second-order valence-corrected chi connectivity index (χ2v) is 3.52. The first kappa shape index (κ1) is 17.1. The minimum Gasteiger partial charge on any atom is -0.469 e. The minimum atomic E-state index is -0.802. The molecule has 0 aliphatic rings. The highest BCUT2D eigenvalue weighted by molar-refractivity contribution is 6.03. The Morgan fingerprint density at radius 2 is 1.42 bits per heavy atom. The maximum Gasteiger partial charge on any atom is 0.334 e. The van der Waals surface area contributed by atoms with Crippen molar-refractivity contribution in [3.63, 3.8) is 0 Å². The molecule has 0 aliphatic heterocycles. The van der Waals surface area contributed by atoms with Crippen LogP contribution in [0.2, 0.25) is 0 Å². The van der Waals surface area contributed by atoms with Gasteiger partial charge in [0.05, 0.1) is 33.3 Å². The summed E-state index contributed by atoms with van der Waals surface area (Å²) >= 11 is 0. The zero-order valence-electron chi connectivity index (χ0n) is 11.2. The Morgan fingerprint density at radius 1 is 0.895 bits per heavy atom. The molecule has 1 N–H and O–H groups in total. The zero-order valence-corrected chi connectivity index (χ0v) is 11.2. The number of hydrogen-bond acceptors (Lipinski definition) is 7. The van der Waals surface area contributed by atoms with Crippen molar-refractivity contribution in [1.29, 1.82) is 0 Å². The van der Waals surface area contributed by atoms with Gasteiger partial charge in [-0.3, -0.25) is 4.79 Å². The third kappa shape index (κ3) is 5.52. The third-order valence-electron chi connectivity index (χ3n) is 2.36. The number of ether oxygens (including phenoxy) is 3. The van der Waals surface area contributed by atoms with E-state index in [1.807, 2.05) is 0 Å². The predicted molar refractivity (Wildman–Crippen MR) is 64.0 cm³/mol. The average molecular weight is 274 g/mol. The maximum atomic E-state index is 11.6. The molecule has 0 bridgehead atoms. The van der Waals surface area contributed by atoms with E-state index in [0.717, 1.165) is 14.2 Å². The predicted octanol–water partition coefficient (Wildman–Crippen LogP) is -0.0354. The van der Waals surface area contributed by atoms with Crippen molar-refractivity contribution < 1.29 is 33.7 Å². The van der Waals surface area contributed by atoms with Gasteiger partial charge in [-0.2, -0.15) is 0 Å². The molecular weight excluding hydrogens is 256 g/mol. The van der Waals surface area contributed by atoms with Gasteiger partial charge in [-0.15, -0.1) is 0 Å². The second-order valence-electron chi connectivity index (χ2n) is 3.52. The number of carbonyl (C=O) groups is 3. The van der Waals surface area contributed by atoms with Crippen LogP contribution in [0.3, 0.4) is 0 Å². The molecule has 0 amide bonds. The lowest BCUT2D eigenvalue weighted by molar-refractivity contribution is -0.143. The molecule has 0 rings (SSSR count). The second kappa shape index (κ2) is 9.09. The van der Waals surface area contributed by atoms with Gasteiger partial charge in [0, 0.05) is 12.2 Å². The summed E-state index contributed by atoms with van der Waals surface area (Å²) in [6.07, 6.45) is -0.0320. The van der Waals surface area contributed by atoms with Crippen molar-refractivity contribution in [2.45, 2.75) is 19.3 Å². The van der Waals surface area contributed by atoms with E-state index in [-0.39, 0.29) is 37.0 Å². The van der Waals surface area contributed by atoms with Gasteiger partial charge in [-0.25, -0.2) is 9.59 Å². The molecule has 0 aromatic heterocycles. The van der Waals surface area contributed by atoms with Gasteiger partial charge >= 0.3 is 17.9 Å². The number of esters is 3. The molecule has 0 heterocycles. The molecule has 0 aromatic carbocycles. The van der Waals surface area contributed by atoms with Crippen LogP contribution in [-0.2, 0) is 28.6 Å². The Kier molecular flexibility index (Phi) is 8.19. The molecule has 0 aliphatic carbocycles. The third-order valence-corrected chi connectivity index (χ3v) is 2.36. The number of hydrogen-bond donors (Lipinski definition) is 1. The topological polar surface area (TPSA) is 99.1 Å². The van der Waals surface area contributed by atoms with Gasteiger partial charge < -0.3 is 19.3 Å². The molecule has 0 saturated heterocycles. The van der Waals surface area contributed by atoms with Crippen molar-refractivity contribution in [3.05, 3.63) is 11.1 Å².